The second-order valence-electron chi connectivity index (χ2n) is 6.18. The fourth-order valence-electron chi connectivity index (χ4n) is 3.56. The van der Waals surface area contributed by atoms with E-state index in [1.807, 2.05) is 12.2 Å². The molecule has 24 heavy (non-hydrogen) atoms. The van der Waals surface area contributed by atoms with E-state index in [1.165, 1.54) is 0 Å². The van der Waals surface area contributed by atoms with Gasteiger partial charge in [0.25, 0.3) is 0 Å². The standard InChI is InChI=1S/C17H17ClN2O4/c18-12-5-1-9(2-6-12)7-13(21)19-20-16(22)14-10-3-4-11(8-10)15(14)17(23)24/h1-6,10-11,14-15H,7-8H2,(H,19,21)(H,20,22)(H,23,24)/t10-,11-,14+,15-/m0/s1. The molecule has 0 spiro atoms. The van der Waals surface area contributed by atoms with Crippen LogP contribution >= 0.6 is 11.6 Å². The Balaban J connectivity index is 1.55. The van der Waals surface area contributed by atoms with E-state index in [9.17, 15) is 19.5 Å². The highest BCUT2D eigenvalue weighted by Crippen LogP contribution is 2.48. The molecule has 4 atom stereocenters. The van der Waals surface area contributed by atoms with Crippen molar-refractivity contribution in [1.29, 1.82) is 0 Å². The molecule has 3 N–H and O–H groups in total. The summed E-state index contributed by atoms with van der Waals surface area (Å²) in [7, 11) is 0. The molecule has 0 saturated heterocycles. The number of nitrogens with one attached hydrogen (secondary N) is 2. The van der Waals surface area contributed by atoms with Crippen LogP contribution in [0.5, 0.6) is 0 Å². The Bertz CT molecular complexity index is 701. The van der Waals surface area contributed by atoms with Gasteiger partial charge in [-0.3, -0.25) is 25.2 Å². The van der Waals surface area contributed by atoms with Crippen LogP contribution in [0.1, 0.15) is 12.0 Å². The zero-order valence-corrected chi connectivity index (χ0v) is 13.5. The van der Waals surface area contributed by atoms with Gasteiger partial charge >= 0.3 is 5.97 Å². The van der Waals surface area contributed by atoms with E-state index in [4.69, 9.17) is 11.6 Å². The van der Waals surface area contributed by atoms with Gasteiger partial charge in [-0.15, -0.1) is 0 Å². The maximum Gasteiger partial charge on any atom is 0.307 e. The van der Waals surface area contributed by atoms with Gasteiger partial charge in [0.2, 0.25) is 11.8 Å². The summed E-state index contributed by atoms with van der Waals surface area (Å²) in [4.78, 5) is 35.6. The first-order valence-corrected chi connectivity index (χ1v) is 8.08. The van der Waals surface area contributed by atoms with Gasteiger partial charge in [-0.2, -0.15) is 0 Å². The van der Waals surface area contributed by atoms with E-state index in [-0.39, 0.29) is 24.2 Å². The average molecular weight is 349 g/mol. The van der Waals surface area contributed by atoms with Crippen LogP contribution in [0, 0.1) is 23.7 Å². The Morgan fingerprint density at radius 3 is 2.29 bits per heavy atom. The number of amides is 2. The molecule has 0 unspecified atom stereocenters. The fourth-order valence-corrected chi connectivity index (χ4v) is 3.69. The van der Waals surface area contributed by atoms with Crippen molar-refractivity contribution >= 4 is 29.4 Å². The zero-order valence-electron chi connectivity index (χ0n) is 12.7. The number of hydrogen-bond donors (Lipinski definition) is 3. The lowest BCUT2D eigenvalue weighted by molar-refractivity contribution is -0.148. The smallest absolute Gasteiger partial charge is 0.307 e. The summed E-state index contributed by atoms with van der Waals surface area (Å²) < 4.78 is 0. The van der Waals surface area contributed by atoms with Crippen LogP contribution in [0.4, 0.5) is 0 Å². The number of carboxylic acids is 1. The number of carbonyl (C=O) groups is 3. The summed E-state index contributed by atoms with van der Waals surface area (Å²) in [5.74, 6) is -3.36. The summed E-state index contributed by atoms with van der Waals surface area (Å²) >= 11 is 5.78. The summed E-state index contributed by atoms with van der Waals surface area (Å²) in [6.45, 7) is 0. The highest BCUT2D eigenvalue weighted by Gasteiger charge is 2.51. The van der Waals surface area contributed by atoms with Crippen LogP contribution in [0.2, 0.25) is 5.02 Å². The van der Waals surface area contributed by atoms with Crippen molar-refractivity contribution in [2.75, 3.05) is 0 Å². The molecule has 0 heterocycles. The molecule has 6 nitrogen and oxygen atoms in total. The molecule has 126 valence electrons. The maximum atomic E-state index is 12.3. The minimum absolute atomic E-state index is 0.0794. The Kier molecular flexibility index (Phi) is 4.57. The van der Waals surface area contributed by atoms with Gasteiger partial charge in [0.05, 0.1) is 18.3 Å². The van der Waals surface area contributed by atoms with E-state index >= 15 is 0 Å². The Morgan fingerprint density at radius 2 is 1.67 bits per heavy atom. The molecular weight excluding hydrogens is 332 g/mol. The van der Waals surface area contributed by atoms with Crippen LogP contribution in [0.25, 0.3) is 0 Å². The minimum atomic E-state index is -0.973. The SMILES string of the molecule is O=C(Cc1ccc(Cl)cc1)NNC(=O)[C@H]1[C@@H](C(=O)O)[C@H]2C=C[C@H]1C2. The van der Waals surface area contributed by atoms with E-state index < -0.39 is 23.7 Å². The molecule has 2 bridgehead atoms. The Hall–Kier alpha value is -2.34. The second-order valence-corrected chi connectivity index (χ2v) is 6.62. The van der Waals surface area contributed by atoms with Crippen molar-refractivity contribution < 1.29 is 19.5 Å². The third kappa shape index (κ3) is 3.28. The number of allylic oxidation sites excluding steroid dienone is 2. The highest BCUT2D eigenvalue weighted by molar-refractivity contribution is 6.30. The molecule has 3 rings (SSSR count). The third-order valence-corrected chi connectivity index (χ3v) is 4.90. The van der Waals surface area contributed by atoms with Gasteiger partial charge < -0.3 is 5.11 Å². The lowest BCUT2D eigenvalue weighted by atomic mass is 9.82. The third-order valence-electron chi connectivity index (χ3n) is 4.65. The van der Waals surface area contributed by atoms with Crippen LogP contribution in [-0.2, 0) is 20.8 Å². The number of carbonyl (C=O) groups excluding carboxylic acids is 2. The average Bonchev–Trinajstić information content (AvgIpc) is 3.15. The van der Waals surface area contributed by atoms with Crippen molar-refractivity contribution in [3.8, 4) is 0 Å². The first-order chi connectivity index (χ1) is 11.5. The van der Waals surface area contributed by atoms with Gasteiger partial charge in [-0.05, 0) is 36.0 Å². The molecule has 0 aliphatic heterocycles. The summed E-state index contributed by atoms with van der Waals surface area (Å²) in [6, 6.07) is 6.82. The molecule has 1 aromatic carbocycles. The minimum Gasteiger partial charge on any atom is -0.481 e. The normalized spacial score (nSPS) is 27.0. The molecule has 1 fully saturated rings. The predicted molar refractivity (Wildman–Crippen MR) is 86.8 cm³/mol. The molecule has 2 amide bonds. The van der Waals surface area contributed by atoms with E-state index in [2.05, 4.69) is 10.9 Å². The summed E-state index contributed by atoms with van der Waals surface area (Å²) in [5, 5.41) is 9.92. The quantitative estimate of drug-likeness (QED) is 0.568. The molecule has 2 aliphatic rings. The molecule has 0 radical (unpaired) electrons. The number of fused-ring (bicyclic) bond motifs is 2. The van der Waals surface area contributed by atoms with Gasteiger partial charge in [0, 0.05) is 5.02 Å². The molecule has 2 aliphatic carbocycles. The highest BCUT2D eigenvalue weighted by atomic mass is 35.5. The van der Waals surface area contributed by atoms with Crippen molar-refractivity contribution in [2.24, 2.45) is 23.7 Å². The Labute approximate surface area is 143 Å². The molecule has 7 heteroatoms. The topological polar surface area (TPSA) is 95.5 Å². The van der Waals surface area contributed by atoms with Crippen LogP contribution in [0.15, 0.2) is 36.4 Å². The van der Waals surface area contributed by atoms with Crippen LogP contribution < -0.4 is 10.9 Å². The maximum absolute atomic E-state index is 12.3. The first-order valence-electron chi connectivity index (χ1n) is 7.70. The molecule has 1 saturated carbocycles. The van der Waals surface area contributed by atoms with Crippen molar-refractivity contribution in [1.82, 2.24) is 10.9 Å². The van der Waals surface area contributed by atoms with Crippen molar-refractivity contribution in [3.05, 3.63) is 47.0 Å². The number of halogens is 1. The van der Waals surface area contributed by atoms with E-state index in [0.29, 0.717) is 11.4 Å². The monoisotopic (exact) mass is 348 g/mol. The zero-order chi connectivity index (χ0) is 17.3. The molecule has 1 aromatic rings. The van der Waals surface area contributed by atoms with Crippen molar-refractivity contribution in [3.63, 3.8) is 0 Å². The van der Waals surface area contributed by atoms with Crippen LogP contribution in [0.3, 0.4) is 0 Å². The number of hydrogen-bond acceptors (Lipinski definition) is 3. The van der Waals surface area contributed by atoms with Gasteiger partial charge in [0.1, 0.15) is 0 Å². The molecular formula is C17H17ClN2O4. The van der Waals surface area contributed by atoms with Gasteiger partial charge in [-0.1, -0.05) is 35.9 Å². The van der Waals surface area contributed by atoms with Gasteiger partial charge in [0.15, 0.2) is 0 Å². The number of rotatable bonds is 4. The van der Waals surface area contributed by atoms with Crippen LogP contribution in [-0.4, -0.2) is 22.9 Å². The number of benzene rings is 1. The lowest BCUT2D eigenvalue weighted by Crippen LogP contribution is -2.48. The van der Waals surface area contributed by atoms with E-state index in [1.54, 1.807) is 24.3 Å². The number of carboxylic acid groups (broad SMARTS) is 1. The lowest BCUT2D eigenvalue weighted by Gasteiger charge is -2.23. The fraction of sp³-hybridized carbons (Fsp3) is 0.353. The summed E-state index contributed by atoms with van der Waals surface area (Å²) in [5.41, 5.74) is 5.48. The van der Waals surface area contributed by atoms with Crippen molar-refractivity contribution in [2.45, 2.75) is 12.8 Å². The number of aliphatic carboxylic acids is 1. The Morgan fingerprint density at radius 1 is 1.04 bits per heavy atom. The summed E-state index contributed by atoms with van der Waals surface area (Å²) in [6.07, 6.45) is 4.53. The second kappa shape index (κ2) is 6.65. The van der Waals surface area contributed by atoms with Gasteiger partial charge in [-0.25, -0.2) is 0 Å². The predicted octanol–water partition coefficient (Wildman–Crippen LogP) is 1.55. The number of hydrazine groups is 1. The van der Waals surface area contributed by atoms with E-state index in [0.717, 1.165) is 5.56 Å². The first kappa shape index (κ1) is 16.5. The largest absolute Gasteiger partial charge is 0.481 e. The molecule has 0 aromatic heterocycles.